The van der Waals surface area contributed by atoms with Gasteiger partial charge in [-0.1, -0.05) is 23.3 Å². The quantitative estimate of drug-likeness (QED) is 0.396. The number of hydrogen-bond donors (Lipinski definition) is 0. The number of rotatable bonds is 1. The van der Waals surface area contributed by atoms with Gasteiger partial charge in [-0.3, -0.25) is 4.79 Å². The minimum absolute atomic E-state index is 0.184. The molecule has 0 saturated heterocycles. The molecule has 0 N–H and O–H groups in total. The predicted molar refractivity (Wildman–Crippen MR) is 58.0 cm³/mol. The highest BCUT2D eigenvalue weighted by molar-refractivity contribution is 5.89. The van der Waals surface area contributed by atoms with Crippen LogP contribution < -0.4 is 5.56 Å². The van der Waals surface area contributed by atoms with Crippen LogP contribution in [0.3, 0.4) is 0 Å². The summed E-state index contributed by atoms with van der Waals surface area (Å²) in [7, 11) is 1.69. The van der Waals surface area contributed by atoms with E-state index >= 15 is 0 Å². The third-order valence-electron chi connectivity index (χ3n) is 2.28. The minimum Gasteiger partial charge on any atom is -0.311 e. The molecule has 1 aromatic carbocycles. The molecule has 2 aromatic rings. The zero-order valence-electron chi connectivity index (χ0n) is 8.08. The number of nitrogens with zero attached hydrogens (tertiary/aromatic N) is 4. The Morgan fingerprint density at radius 2 is 2.13 bits per heavy atom. The van der Waals surface area contributed by atoms with Crippen LogP contribution in [0.4, 0.5) is 5.69 Å². The van der Waals surface area contributed by atoms with E-state index in [1.165, 1.54) is 10.6 Å². The molecule has 0 amide bonds. The highest BCUT2D eigenvalue weighted by Gasteiger charge is 2.03. The molecule has 0 atom stereocenters. The van der Waals surface area contributed by atoms with Gasteiger partial charge < -0.3 is 4.57 Å². The summed E-state index contributed by atoms with van der Waals surface area (Å²) in [5, 5.41) is 4.28. The highest BCUT2D eigenvalue weighted by Crippen LogP contribution is 2.23. The Bertz CT molecular complexity index is 623. The standard InChI is InChI=1S/C10H8N4O/c1-14-9-5-3-2-4-7(9)8(12-13-11)6-10(14)15/h2-6H,1H3. The summed E-state index contributed by atoms with van der Waals surface area (Å²) in [6.07, 6.45) is 0. The van der Waals surface area contributed by atoms with Crippen LogP contribution in [-0.4, -0.2) is 4.57 Å². The molecule has 0 aliphatic heterocycles. The Hall–Kier alpha value is -2.26. The topological polar surface area (TPSA) is 70.8 Å². The molecular weight excluding hydrogens is 192 g/mol. The van der Waals surface area contributed by atoms with Crippen LogP contribution in [0.1, 0.15) is 0 Å². The molecule has 0 radical (unpaired) electrons. The summed E-state index contributed by atoms with van der Waals surface area (Å²) < 4.78 is 1.52. The fraction of sp³-hybridized carbons (Fsp3) is 0.100. The Kier molecular flexibility index (Phi) is 2.15. The maximum atomic E-state index is 11.5. The zero-order valence-corrected chi connectivity index (χ0v) is 8.08. The van der Waals surface area contributed by atoms with Gasteiger partial charge in [0.15, 0.2) is 0 Å². The van der Waals surface area contributed by atoms with Crippen molar-refractivity contribution in [3.05, 3.63) is 51.1 Å². The number of hydrogen-bond acceptors (Lipinski definition) is 2. The number of azide groups is 1. The summed E-state index contributed by atoms with van der Waals surface area (Å²) in [4.78, 5) is 14.2. The Morgan fingerprint density at radius 3 is 2.87 bits per heavy atom. The van der Waals surface area contributed by atoms with Crippen molar-refractivity contribution in [1.82, 2.24) is 4.57 Å². The van der Waals surface area contributed by atoms with Crippen molar-refractivity contribution in [2.75, 3.05) is 0 Å². The molecular formula is C10H8N4O. The number of fused-ring (bicyclic) bond motifs is 1. The summed E-state index contributed by atoms with van der Waals surface area (Å²) in [6, 6.07) is 8.64. The van der Waals surface area contributed by atoms with Crippen LogP contribution in [0.15, 0.2) is 40.2 Å². The summed E-state index contributed by atoms with van der Waals surface area (Å²) in [6.45, 7) is 0. The SMILES string of the molecule is Cn1c(=O)cc(N=[N+]=[N-])c2ccccc21. The average molecular weight is 200 g/mol. The van der Waals surface area contributed by atoms with Crippen molar-refractivity contribution >= 4 is 16.6 Å². The number of aromatic nitrogens is 1. The second-order valence-electron chi connectivity index (χ2n) is 3.13. The lowest BCUT2D eigenvalue weighted by molar-refractivity contribution is 0.906. The molecule has 0 aliphatic rings. The number of benzene rings is 1. The number of aryl methyl sites for hydroxylation is 1. The third-order valence-corrected chi connectivity index (χ3v) is 2.28. The molecule has 5 nitrogen and oxygen atoms in total. The van der Waals surface area contributed by atoms with E-state index in [1.807, 2.05) is 24.3 Å². The molecule has 1 heterocycles. The van der Waals surface area contributed by atoms with Crippen LogP contribution in [0.2, 0.25) is 0 Å². The average Bonchev–Trinajstić information content (AvgIpc) is 2.26. The summed E-state index contributed by atoms with van der Waals surface area (Å²) in [5.41, 5.74) is 9.33. The maximum Gasteiger partial charge on any atom is 0.251 e. The van der Waals surface area contributed by atoms with Crippen molar-refractivity contribution in [3.63, 3.8) is 0 Å². The van der Waals surface area contributed by atoms with Gasteiger partial charge in [0, 0.05) is 23.4 Å². The molecule has 0 aliphatic carbocycles. The van der Waals surface area contributed by atoms with E-state index in [1.54, 1.807) is 7.05 Å². The first-order valence-electron chi connectivity index (χ1n) is 4.38. The largest absolute Gasteiger partial charge is 0.311 e. The van der Waals surface area contributed by atoms with Gasteiger partial charge in [0.1, 0.15) is 0 Å². The smallest absolute Gasteiger partial charge is 0.251 e. The minimum atomic E-state index is -0.184. The fourth-order valence-corrected chi connectivity index (χ4v) is 1.52. The number of para-hydroxylation sites is 1. The molecule has 0 saturated carbocycles. The van der Waals surface area contributed by atoms with Gasteiger partial charge in [-0.25, -0.2) is 0 Å². The first kappa shape index (κ1) is 9.30. The lowest BCUT2D eigenvalue weighted by atomic mass is 10.2. The van der Waals surface area contributed by atoms with E-state index in [9.17, 15) is 4.79 Å². The Morgan fingerprint density at radius 1 is 1.40 bits per heavy atom. The van der Waals surface area contributed by atoms with E-state index < -0.39 is 0 Å². The van der Waals surface area contributed by atoms with Crippen molar-refractivity contribution in [2.24, 2.45) is 12.2 Å². The molecule has 2 rings (SSSR count). The van der Waals surface area contributed by atoms with Crippen LogP contribution >= 0.6 is 0 Å². The van der Waals surface area contributed by atoms with Crippen molar-refractivity contribution < 1.29 is 0 Å². The lowest BCUT2D eigenvalue weighted by Crippen LogP contribution is -2.15. The van der Waals surface area contributed by atoms with Crippen molar-refractivity contribution in [3.8, 4) is 0 Å². The zero-order chi connectivity index (χ0) is 10.8. The molecule has 5 heteroatoms. The third kappa shape index (κ3) is 1.45. The maximum absolute atomic E-state index is 11.5. The molecule has 0 spiro atoms. The molecule has 0 bridgehead atoms. The first-order valence-corrected chi connectivity index (χ1v) is 4.38. The van der Waals surface area contributed by atoms with E-state index in [0.717, 1.165) is 10.9 Å². The molecule has 15 heavy (non-hydrogen) atoms. The van der Waals surface area contributed by atoms with Gasteiger partial charge in [0.05, 0.1) is 11.2 Å². The second-order valence-corrected chi connectivity index (χ2v) is 3.13. The van der Waals surface area contributed by atoms with Crippen molar-refractivity contribution in [2.45, 2.75) is 0 Å². The van der Waals surface area contributed by atoms with Gasteiger partial charge in [0.25, 0.3) is 5.56 Å². The van der Waals surface area contributed by atoms with Gasteiger partial charge in [-0.15, -0.1) is 0 Å². The fourth-order valence-electron chi connectivity index (χ4n) is 1.52. The predicted octanol–water partition coefficient (Wildman–Crippen LogP) is 2.48. The van der Waals surface area contributed by atoms with Gasteiger partial charge in [0.2, 0.25) is 0 Å². The molecule has 1 aromatic heterocycles. The normalized spacial score (nSPS) is 9.93. The Balaban J connectivity index is 3.00. The van der Waals surface area contributed by atoms with Crippen LogP contribution in [0.25, 0.3) is 21.3 Å². The highest BCUT2D eigenvalue weighted by atomic mass is 16.1. The molecule has 74 valence electrons. The van der Waals surface area contributed by atoms with Crippen LogP contribution in [0.5, 0.6) is 0 Å². The Labute approximate surface area is 85.2 Å². The monoisotopic (exact) mass is 200 g/mol. The second kappa shape index (κ2) is 3.48. The first-order chi connectivity index (χ1) is 7.24. The van der Waals surface area contributed by atoms with Crippen molar-refractivity contribution in [1.29, 1.82) is 0 Å². The van der Waals surface area contributed by atoms with E-state index in [2.05, 4.69) is 10.0 Å². The van der Waals surface area contributed by atoms with E-state index in [-0.39, 0.29) is 5.56 Å². The van der Waals surface area contributed by atoms with Crippen LogP contribution in [0, 0.1) is 0 Å². The van der Waals surface area contributed by atoms with Gasteiger partial charge in [-0.05, 0) is 11.6 Å². The molecule has 0 fully saturated rings. The van der Waals surface area contributed by atoms with Gasteiger partial charge >= 0.3 is 0 Å². The van der Waals surface area contributed by atoms with Gasteiger partial charge in [-0.2, -0.15) is 0 Å². The lowest BCUT2D eigenvalue weighted by Gasteiger charge is -2.05. The van der Waals surface area contributed by atoms with E-state index in [0.29, 0.717) is 5.69 Å². The summed E-state index contributed by atoms with van der Waals surface area (Å²) in [5.74, 6) is 0. The summed E-state index contributed by atoms with van der Waals surface area (Å²) >= 11 is 0. The van der Waals surface area contributed by atoms with E-state index in [4.69, 9.17) is 5.53 Å². The number of pyridine rings is 1. The molecule has 0 unspecified atom stereocenters. The van der Waals surface area contributed by atoms with Crippen LogP contribution in [-0.2, 0) is 7.05 Å².